The molecule has 5 heteroatoms. The number of nitrogens with one attached hydrogen (secondary N) is 1. The molecule has 0 aliphatic heterocycles. The van der Waals surface area contributed by atoms with E-state index in [0.717, 1.165) is 0 Å². The summed E-state index contributed by atoms with van der Waals surface area (Å²) < 4.78 is 12.7. The molecule has 0 unspecified atom stereocenters. The van der Waals surface area contributed by atoms with Crippen molar-refractivity contribution in [1.82, 2.24) is 0 Å². The summed E-state index contributed by atoms with van der Waals surface area (Å²) in [5.74, 6) is -0.598. The van der Waals surface area contributed by atoms with Crippen molar-refractivity contribution >= 4 is 34.3 Å². The van der Waals surface area contributed by atoms with Crippen LogP contribution < -0.4 is 5.32 Å². The van der Waals surface area contributed by atoms with Gasteiger partial charge < -0.3 is 5.32 Å². The van der Waals surface area contributed by atoms with Crippen LogP contribution in [0.5, 0.6) is 0 Å². The first-order valence-corrected chi connectivity index (χ1v) is 3.77. The van der Waals surface area contributed by atoms with Gasteiger partial charge in [-0.15, -0.1) is 0 Å². The van der Waals surface area contributed by atoms with Crippen LogP contribution in [0, 0.1) is 5.82 Å². The average molecular weight is 208 g/mol. The Kier molecular flexibility index (Phi) is 2.89. The number of hydrogen-bond donors (Lipinski definition) is 1. The number of amides is 1. The van der Waals surface area contributed by atoms with Crippen LogP contribution in [0.2, 0.25) is 5.02 Å². The van der Waals surface area contributed by atoms with Crippen LogP contribution >= 0.6 is 23.2 Å². The molecular weight excluding hydrogens is 204 g/mol. The molecule has 0 saturated heterocycles. The first-order chi connectivity index (χ1) is 5.61. The first-order valence-electron chi connectivity index (χ1n) is 3.02. The summed E-state index contributed by atoms with van der Waals surface area (Å²) in [4.78, 5) is 10.3. The number of rotatable bonds is 1. The fraction of sp³-hybridized carbons (Fsp3) is 0. The maximum atomic E-state index is 12.7. The van der Waals surface area contributed by atoms with Crippen molar-refractivity contribution < 1.29 is 9.18 Å². The number of hydrogen-bond acceptors (Lipinski definition) is 1. The van der Waals surface area contributed by atoms with Gasteiger partial charge in [0.1, 0.15) is 5.82 Å². The highest BCUT2D eigenvalue weighted by Gasteiger charge is 2.06. The molecule has 0 saturated carbocycles. The Morgan fingerprint density at radius 1 is 1.50 bits per heavy atom. The molecule has 64 valence electrons. The molecule has 0 heterocycles. The van der Waals surface area contributed by atoms with E-state index in [-0.39, 0.29) is 10.7 Å². The molecule has 0 aliphatic carbocycles. The Morgan fingerprint density at radius 3 is 2.75 bits per heavy atom. The number of anilines is 1. The SMILES string of the molecule is O=C(Cl)Nc1cccc(F)c1Cl. The molecular formula is C7H4Cl2FNO. The highest BCUT2D eigenvalue weighted by atomic mass is 35.5. The minimum atomic E-state index is -0.803. The molecule has 0 atom stereocenters. The van der Waals surface area contributed by atoms with Crippen LogP contribution in [0.15, 0.2) is 18.2 Å². The number of benzene rings is 1. The molecule has 0 aliphatic rings. The summed E-state index contributed by atoms with van der Waals surface area (Å²) in [6, 6.07) is 4.06. The summed E-state index contributed by atoms with van der Waals surface area (Å²) >= 11 is 10.5. The molecule has 2 nitrogen and oxygen atoms in total. The van der Waals surface area contributed by atoms with Crippen LogP contribution in [0.1, 0.15) is 0 Å². The van der Waals surface area contributed by atoms with E-state index in [1.807, 2.05) is 0 Å². The zero-order chi connectivity index (χ0) is 9.14. The molecule has 1 aromatic carbocycles. The van der Waals surface area contributed by atoms with Gasteiger partial charge in [0.05, 0.1) is 10.7 Å². The van der Waals surface area contributed by atoms with Gasteiger partial charge in [-0.3, -0.25) is 4.79 Å². The summed E-state index contributed by atoms with van der Waals surface area (Å²) in [5.41, 5.74) is 0.164. The van der Waals surface area contributed by atoms with Gasteiger partial charge in [-0.25, -0.2) is 4.39 Å². The maximum Gasteiger partial charge on any atom is 0.318 e. The molecule has 1 N–H and O–H groups in total. The van der Waals surface area contributed by atoms with Gasteiger partial charge in [-0.05, 0) is 23.7 Å². The fourth-order valence-electron chi connectivity index (χ4n) is 0.706. The highest BCUT2D eigenvalue weighted by Crippen LogP contribution is 2.24. The predicted molar refractivity (Wildman–Crippen MR) is 46.3 cm³/mol. The van der Waals surface area contributed by atoms with E-state index >= 15 is 0 Å². The van der Waals surface area contributed by atoms with Crippen molar-refractivity contribution in [2.75, 3.05) is 5.32 Å². The third-order valence-electron chi connectivity index (χ3n) is 1.18. The van der Waals surface area contributed by atoms with Crippen molar-refractivity contribution in [3.05, 3.63) is 29.0 Å². The van der Waals surface area contributed by atoms with Crippen LogP contribution in [-0.4, -0.2) is 5.37 Å². The lowest BCUT2D eigenvalue weighted by molar-refractivity contribution is 0.269. The fourth-order valence-corrected chi connectivity index (χ4v) is 0.981. The Bertz CT molecular complexity index is 316. The minimum absolute atomic E-state index is 0.147. The van der Waals surface area contributed by atoms with Gasteiger partial charge >= 0.3 is 5.37 Å². The zero-order valence-electron chi connectivity index (χ0n) is 5.77. The van der Waals surface area contributed by atoms with E-state index in [2.05, 4.69) is 5.32 Å². The molecule has 0 spiro atoms. The van der Waals surface area contributed by atoms with E-state index in [1.165, 1.54) is 18.2 Å². The Balaban J connectivity index is 3.00. The average Bonchev–Trinajstić information content (AvgIpc) is 1.98. The largest absolute Gasteiger partial charge is 0.318 e. The smallest absolute Gasteiger partial charge is 0.311 e. The topological polar surface area (TPSA) is 29.1 Å². The molecule has 0 fully saturated rings. The summed E-state index contributed by atoms with van der Waals surface area (Å²) in [7, 11) is 0. The van der Waals surface area contributed by atoms with Gasteiger partial charge in [-0.1, -0.05) is 17.7 Å². The van der Waals surface area contributed by atoms with Crippen LogP contribution in [-0.2, 0) is 0 Å². The third kappa shape index (κ3) is 2.09. The molecule has 0 radical (unpaired) electrons. The van der Waals surface area contributed by atoms with E-state index in [4.69, 9.17) is 23.2 Å². The summed E-state index contributed by atoms with van der Waals surface area (Å²) in [6.45, 7) is 0. The Hall–Kier alpha value is -0.800. The van der Waals surface area contributed by atoms with Gasteiger partial charge in [0.25, 0.3) is 0 Å². The van der Waals surface area contributed by atoms with Crippen molar-refractivity contribution in [2.24, 2.45) is 0 Å². The number of halogens is 3. The molecule has 12 heavy (non-hydrogen) atoms. The Labute approximate surface area is 78.3 Å². The summed E-state index contributed by atoms with van der Waals surface area (Å²) in [6.07, 6.45) is 0. The van der Waals surface area contributed by atoms with Gasteiger partial charge in [0.2, 0.25) is 0 Å². The second-order valence-corrected chi connectivity index (χ2v) is 2.72. The molecule has 1 rings (SSSR count). The first kappa shape index (κ1) is 9.29. The van der Waals surface area contributed by atoms with E-state index < -0.39 is 11.2 Å². The van der Waals surface area contributed by atoms with E-state index in [1.54, 1.807) is 0 Å². The van der Waals surface area contributed by atoms with Crippen LogP contribution in [0.3, 0.4) is 0 Å². The second-order valence-electron chi connectivity index (χ2n) is 2.00. The molecule has 0 bridgehead atoms. The lowest BCUT2D eigenvalue weighted by Gasteiger charge is -2.02. The highest BCUT2D eigenvalue weighted by molar-refractivity contribution is 6.66. The van der Waals surface area contributed by atoms with Gasteiger partial charge in [-0.2, -0.15) is 0 Å². The lowest BCUT2D eigenvalue weighted by atomic mass is 10.3. The van der Waals surface area contributed by atoms with E-state index in [0.29, 0.717) is 0 Å². The maximum absolute atomic E-state index is 12.7. The number of carbonyl (C=O) groups is 1. The standard InChI is InChI=1S/C7H4Cl2FNO/c8-6-4(10)2-1-3-5(6)11-7(9)12/h1-3H,(H,11,12). The molecule has 0 aromatic heterocycles. The molecule has 1 aromatic rings. The van der Waals surface area contributed by atoms with E-state index in [9.17, 15) is 9.18 Å². The normalized spacial score (nSPS) is 9.58. The Morgan fingerprint density at radius 2 is 2.17 bits per heavy atom. The lowest BCUT2D eigenvalue weighted by Crippen LogP contribution is -2.01. The van der Waals surface area contributed by atoms with Crippen LogP contribution in [0.4, 0.5) is 14.9 Å². The molecule has 1 amide bonds. The third-order valence-corrected chi connectivity index (χ3v) is 1.66. The monoisotopic (exact) mass is 207 g/mol. The predicted octanol–water partition coefficient (Wildman–Crippen LogP) is 3.25. The van der Waals surface area contributed by atoms with Gasteiger partial charge in [0, 0.05) is 0 Å². The van der Waals surface area contributed by atoms with Crippen molar-refractivity contribution in [3.63, 3.8) is 0 Å². The van der Waals surface area contributed by atoms with Crippen LogP contribution in [0.25, 0.3) is 0 Å². The quantitative estimate of drug-likeness (QED) is 0.556. The van der Waals surface area contributed by atoms with Gasteiger partial charge in [0.15, 0.2) is 0 Å². The summed E-state index contributed by atoms with van der Waals surface area (Å²) in [5, 5.41) is 1.22. The van der Waals surface area contributed by atoms with Crippen molar-refractivity contribution in [3.8, 4) is 0 Å². The second kappa shape index (κ2) is 3.74. The zero-order valence-corrected chi connectivity index (χ0v) is 7.29. The minimum Gasteiger partial charge on any atom is -0.311 e. The van der Waals surface area contributed by atoms with Crippen molar-refractivity contribution in [1.29, 1.82) is 0 Å². The van der Waals surface area contributed by atoms with Crippen molar-refractivity contribution in [2.45, 2.75) is 0 Å². The number of carbonyl (C=O) groups excluding carboxylic acids is 1.